The molecule has 2 aliphatic heterocycles. The van der Waals surface area contributed by atoms with Gasteiger partial charge in [-0.1, -0.05) is 6.07 Å². The van der Waals surface area contributed by atoms with Crippen molar-refractivity contribution >= 4 is 11.9 Å². The molecule has 0 spiro atoms. The van der Waals surface area contributed by atoms with Crippen molar-refractivity contribution in [2.75, 3.05) is 33.3 Å². The van der Waals surface area contributed by atoms with Crippen LogP contribution in [0.2, 0.25) is 0 Å². The first-order valence-electron chi connectivity index (χ1n) is 11.7. The van der Waals surface area contributed by atoms with Crippen LogP contribution in [0.4, 0.5) is 26.3 Å². The average molecular weight is 569 g/mol. The maximum absolute atomic E-state index is 10.6. The highest BCUT2D eigenvalue weighted by atomic mass is 19.4. The molecular weight excluding hydrogens is 540 g/mol. The molecule has 0 saturated carbocycles. The van der Waals surface area contributed by atoms with E-state index in [0.29, 0.717) is 17.9 Å². The number of nitrogens with zero attached hydrogens (tertiary/aromatic N) is 3. The molecule has 2 aromatic heterocycles. The monoisotopic (exact) mass is 569 g/mol. The standard InChI is InChI=1S/C20H27N3O2.2C2HF3O2/c1-22(10-16-3-2-6-21-9-16)13-20-19-4-7-23(12-18(19)15-25-20)11-17-5-8-24-14-17;2*3-2(4,5)1(6)7/h2-3,5-6,8-9,14,18-20H,4,7,10-13,15H2,1H3;2*(H,6,7)/t18-,19-,20+;;/m1../s1. The Hall–Kier alpha value is -3.17. The molecule has 4 rings (SSSR count). The maximum Gasteiger partial charge on any atom is 0.490 e. The van der Waals surface area contributed by atoms with E-state index in [1.807, 2.05) is 24.7 Å². The van der Waals surface area contributed by atoms with E-state index < -0.39 is 24.3 Å². The zero-order chi connectivity index (χ0) is 29.2. The fraction of sp³-hybridized carbons (Fsp3) is 0.542. The van der Waals surface area contributed by atoms with Crippen molar-refractivity contribution in [1.82, 2.24) is 14.8 Å². The molecule has 0 bridgehead atoms. The van der Waals surface area contributed by atoms with Gasteiger partial charge in [-0.25, -0.2) is 9.59 Å². The molecule has 2 N–H and O–H groups in total. The molecule has 0 aliphatic carbocycles. The van der Waals surface area contributed by atoms with Gasteiger partial charge >= 0.3 is 24.3 Å². The van der Waals surface area contributed by atoms with E-state index in [-0.39, 0.29) is 0 Å². The van der Waals surface area contributed by atoms with E-state index in [1.54, 1.807) is 6.26 Å². The molecule has 2 fully saturated rings. The Labute approximate surface area is 220 Å². The van der Waals surface area contributed by atoms with Crippen LogP contribution >= 0.6 is 0 Å². The highest BCUT2D eigenvalue weighted by molar-refractivity contribution is 5.73. The topological polar surface area (TPSA) is 116 Å². The van der Waals surface area contributed by atoms with Crippen LogP contribution in [0.25, 0.3) is 0 Å². The van der Waals surface area contributed by atoms with Crippen LogP contribution in [0, 0.1) is 11.8 Å². The van der Waals surface area contributed by atoms with E-state index in [2.05, 4.69) is 34.0 Å². The second kappa shape index (κ2) is 14.3. The Balaban J connectivity index is 0.000000317. The number of likely N-dealkylation sites (tertiary alicyclic amines) is 1. The predicted octanol–water partition coefficient (Wildman–Crippen LogP) is 3.91. The largest absolute Gasteiger partial charge is 0.490 e. The van der Waals surface area contributed by atoms with Crippen molar-refractivity contribution in [1.29, 1.82) is 0 Å². The number of hydrogen-bond donors (Lipinski definition) is 2. The summed E-state index contributed by atoms with van der Waals surface area (Å²) >= 11 is 0. The molecule has 0 unspecified atom stereocenters. The molecule has 2 aromatic rings. The smallest absolute Gasteiger partial charge is 0.475 e. The number of carboxylic acid groups (broad SMARTS) is 2. The van der Waals surface area contributed by atoms with Crippen LogP contribution in [0.1, 0.15) is 17.5 Å². The molecule has 4 heterocycles. The van der Waals surface area contributed by atoms with E-state index in [1.165, 1.54) is 17.5 Å². The molecular formula is C24H29F6N3O6. The van der Waals surface area contributed by atoms with Gasteiger partial charge in [0.05, 0.1) is 25.2 Å². The molecule has 9 nitrogen and oxygen atoms in total. The summed E-state index contributed by atoms with van der Waals surface area (Å²) < 4.78 is 74.9. The van der Waals surface area contributed by atoms with Gasteiger partial charge in [-0.2, -0.15) is 26.3 Å². The third-order valence-electron chi connectivity index (χ3n) is 6.02. The summed E-state index contributed by atoms with van der Waals surface area (Å²) in [6.45, 7) is 6.11. The van der Waals surface area contributed by atoms with Crippen LogP contribution in [-0.4, -0.2) is 88.7 Å². The lowest BCUT2D eigenvalue weighted by molar-refractivity contribution is -0.193. The molecule has 0 amide bonds. The minimum Gasteiger partial charge on any atom is -0.475 e. The predicted molar refractivity (Wildman–Crippen MR) is 123 cm³/mol. The fourth-order valence-corrected chi connectivity index (χ4v) is 4.31. The van der Waals surface area contributed by atoms with Gasteiger partial charge in [0.2, 0.25) is 0 Å². The second-order valence-electron chi connectivity index (χ2n) is 9.11. The van der Waals surface area contributed by atoms with E-state index in [9.17, 15) is 26.3 Å². The van der Waals surface area contributed by atoms with Crippen molar-refractivity contribution in [3.63, 3.8) is 0 Å². The van der Waals surface area contributed by atoms with Crippen molar-refractivity contribution in [2.24, 2.45) is 11.8 Å². The Morgan fingerprint density at radius 2 is 1.74 bits per heavy atom. The van der Waals surface area contributed by atoms with Crippen molar-refractivity contribution in [2.45, 2.75) is 38.0 Å². The van der Waals surface area contributed by atoms with Crippen molar-refractivity contribution < 1.29 is 55.3 Å². The van der Waals surface area contributed by atoms with E-state index >= 15 is 0 Å². The van der Waals surface area contributed by atoms with Gasteiger partial charge in [-0.05, 0) is 43.6 Å². The summed E-state index contributed by atoms with van der Waals surface area (Å²) in [5.74, 6) is -4.16. The number of alkyl halides is 6. The van der Waals surface area contributed by atoms with Crippen molar-refractivity contribution in [3.8, 4) is 0 Å². The van der Waals surface area contributed by atoms with Gasteiger partial charge < -0.3 is 19.4 Å². The Morgan fingerprint density at radius 3 is 2.26 bits per heavy atom. The summed E-state index contributed by atoms with van der Waals surface area (Å²) in [6, 6.07) is 6.20. The summed E-state index contributed by atoms with van der Waals surface area (Å²) in [5, 5.41) is 14.2. The first-order chi connectivity index (χ1) is 18.2. The molecule has 3 atom stereocenters. The molecule has 39 heavy (non-hydrogen) atoms. The Bertz CT molecular complexity index is 996. The van der Waals surface area contributed by atoms with E-state index in [0.717, 1.165) is 39.3 Å². The third-order valence-corrected chi connectivity index (χ3v) is 6.02. The number of ether oxygens (including phenoxy) is 1. The van der Waals surface area contributed by atoms with E-state index in [4.69, 9.17) is 29.0 Å². The second-order valence-corrected chi connectivity index (χ2v) is 9.11. The number of likely N-dealkylation sites (N-methyl/N-ethyl adjacent to an activating group) is 1. The maximum atomic E-state index is 10.6. The highest BCUT2D eigenvalue weighted by Crippen LogP contribution is 2.35. The number of piperidine rings is 1. The Morgan fingerprint density at radius 1 is 1.10 bits per heavy atom. The number of rotatable bonds is 6. The minimum absolute atomic E-state index is 0.364. The molecule has 2 saturated heterocycles. The lowest BCUT2D eigenvalue weighted by Crippen LogP contribution is -2.43. The number of fused-ring (bicyclic) bond motifs is 1. The number of pyridine rings is 1. The van der Waals surface area contributed by atoms with Crippen LogP contribution in [-0.2, 0) is 27.4 Å². The highest BCUT2D eigenvalue weighted by Gasteiger charge is 2.41. The SMILES string of the molecule is CN(Cc1cccnc1)C[C@@H]1OC[C@H]2CN(Cc3ccoc3)CC[C@H]21.O=C(O)C(F)(F)F.O=C(O)C(F)(F)F. The van der Waals surface area contributed by atoms with Gasteiger partial charge in [0.15, 0.2) is 0 Å². The van der Waals surface area contributed by atoms with Gasteiger partial charge in [0.1, 0.15) is 0 Å². The number of hydrogen-bond acceptors (Lipinski definition) is 7. The quantitative estimate of drug-likeness (QED) is 0.500. The number of carboxylic acids is 2. The van der Waals surface area contributed by atoms with Crippen LogP contribution < -0.4 is 0 Å². The summed E-state index contributed by atoms with van der Waals surface area (Å²) in [4.78, 5) is 26.9. The van der Waals surface area contributed by atoms with Gasteiger partial charge in [-0.3, -0.25) is 14.8 Å². The number of carbonyl (C=O) groups is 2. The number of aliphatic carboxylic acids is 2. The lowest BCUT2D eigenvalue weighted by Gasteiger charge is -2.36. The van der Waals surface area contributed by atoms with Crippen molar-refractivity contribution in [3.05, 3.63) is 54.2 Å². The summed E-state index contributed by atoms with van der Waals surface area (Å²) in [7, 11) is 2.18. The number of aromatic nitrogens is 1. The van der Waals surface area contributed by atoms with Crippen LogP contribution in [0.5, 0.6) is 0 Å². The minimum atomic E-state index is -5.08. The molecule has 2 aliphatic rings. The third kappa shape index (κ3) is 11.2. The number of halogens is 6. The number of furan rings is 1. The normalized spacial score (nSPS) is 21.3. The Kier molecular flexibility index (Phi) is 11.7. The zero-order valence-corrected chi connectivity index (χ0v) is 20.9. The fourth-order valence-electron chi connectivity index (χ4n) is 4.31. The summed E-state index contributed by atoms with van der Waals surface area (Å²) in [6.07, 6.45) is -1.19. The first-order valence-corrected chi connectivity index (χ1v) is 11.7. The van der Waals surface area contributed by atoms with Gasteiger partial charge in [0, 0.05) is 50.1 Å². The molecule has 15 heteroatoms. The summed E-state index contributed by atoms with van der Waals surface area (Å²) in [5.41, 5.74) is 2.53. The average Bonchev–Trinajstić information content (AvgIpc) is 3.49. The van der Waals surface area contributed by atoms with Crippen LogP contribution in [0.3, 0.4) is 0 Å². The zero-order valence-electron chi connectivity index (χ0n) is 20.9. The van der Waals surface area contributed by atoms with Crippen LogP contribution in [0.15, 0.2) is 47.5 Å². The molecule has 218 valence electrons. The first kappa shape index (κ1) is 32.0. The van der Waals surface area contributed by atoms with Gasteiger partial charge in [-0.15, -0.1) is 0 Å². The van der Waals surface area contributed by atoms with Gasteiger partial charge in [0.25, 0.3) is 0 Å². The lowest BCUT2D eigenvalue weighted by atomic mass is 9.84. The molecule has 0 aromatic carbocycles. The molecule has 0 radical (unpaired) electrons.